The highest BCUT2D eigenvalue weighted by Crippen LogP contribution is 2.45. The summed E-state index contributed by atoms with van der Waals surface area (Å²) in [6.07, 6.45) is 1.69. The maximum Gasteiger partial charge on any atom is 0.238 e. The second-order valence-electron chi connectivity index (χ2n) is 19.0. The van der Waals surface area contributed by atoms with Crippen molar-refractivity contribution in [1.82, 2.24) is 24.1 Å². The zero-order valence-electron chi connectivity index (χ0n) is 39.1. The molecular formula is C66H43N5O. The number of fused-ring (bicyclic) bond motifs is 13. The summed E-state index contributed by atoms with van der Waals surface area (Å²) in [5.41, 5.74) is 17.5. The molecule has 0 amide bonds. The highest BCUT2D eigenvalue weighted by atomic mass is 16.3. The zero-order valence-corrected chi connectivity index (χ0v) is 39.1. The van der Waals surface area contributed by atoms with Crippen molar-refractivity contribution < 1.29 is 4.42 Å². The van der Waals surface area contributed by atoms with Crippen molar-refractivity contribution in [3.8, 4) is 56.4 Å². The second kappa shape index (κ2) is 16.1. The van der Waals surface area contributed by atoms with Crippen LogP contribution in [-0.2, 0) is 6.42 Å². The van der Waals surface area contributed by atoms with E-state index in [2.05, 4.69) is 228 Å². The predicted molar refractivity (Wildman–Crippen MR) is 294 cm³/mol. The van der Waals surface area contributed by atoms with E-state index in [1.807, 2.05) is 12.1 Å². The molecule has 0 saturated carbocycles. The SMILES string of the molecule is c1ccc(-c2cccc(-n3c4ccccc4c4ccc5c6ccccc6n(-c6nc(-c7ccc8c(c7)oc7ccccc78)nc(C7CCc8ccccc8-c8cc(-c9ccccc9)ccc87)n6)c5c43)c2)cc1. The highest BCUT2D eigenvalue weighted by Gasteiger charge is 2.30. The molecule has 4 aromatic heterocycles. The predicted octanol–water partition coefficient (Wildman–Crippen LogP) is 16.7. The van der Waals surface area contributed by atoms with Gasteiger partial charge in [0, 0.05) is 49.5 Å². The number of aryl methyl sites for hydroxylation is 1. The van der Waals surface area contributed by atoms with Gasteiger partial charge in [0.15, 0.2) is 5.82 Å². The van der Waals surface area contributed by atoms with Crippen LogP contribution in [0.3, 0.4) is 0 Å². The molecular weight excluding hydrogens is 879 g/mol. The van der Waals surface area contributed by atoms with Gasteiger partial charge in [0.2, 0.25) is 5.95 Å². The first-order valence-corrected chi connectivity index (χ1v) is 24.8. The molecule has 14 aromatic rings. The van der Waals surface area contributed by atoms with E-state index in [9.17, 15) is 0 Å². The van der Waals surface area contributed by atoms with Crippen molar-refractivity contribution in [2.24, 2.45) is 0 Å². The molecule has 10 aromatic carbocycles. The first-order valence-electron chi connectivity index (χ1n) is 24.8. The average Bonchev–Trinajstić information content (AvgIpc) is 4.07. The van der Waals surface area contributed by atoms with Gasteiger partial charge in [-0.1, -0.05) is 182 Å². The third kappa shape index (κ3) is 6.32. The largest absolute Gasteiger partial charge is 0.456 e. The first-order chi connectivity index (χ1) is 35.7. The molecule has 4 heterocycles. The molecule has 1 unspecified atom stereocenters. The molecule has 6 nitrogen and oxygen atoms in total. The van der Waals surface area contributed by atoms with Crippen molar-refractivity contribution in [3.63, 3.8) is 0 Å². The zero-order chi connectivity index (χ0) is 47.3. The van der Waals surface area contributed by atoms with Crippen molar-refractivity contribution >= 4 is 65.6 Å². The molecule has 15 rings (SSSR count). The summed E-state index contributed by atoms with van der Waals surface area (Å²) in [6.45, 7) is 0. The summed E-state index contributed by atoms with van der Waals surface area (Å²) in [7, 11) is 0. The van der Waals surface area contributed by atoms with Crippen molar-refractivity contribution in [2.45, 2.75) is 18.8 Å². The molecule has 0 bridgehead atoms. The third-order valence-corrected chi connectivity index (χ3v) is 15.0. The lowest BCUT2D eigenvalue weighted by Crippen LogP contribution is -2.13. The standard InChI is InChI=1S/C66H43N5O/c1-3-16-41(17-4-1)44-21-15-22-47(38-44)70-58-27-12-9-24-50(58)54-36-37-55-51-25-10-13-28-59(51)71(63(55)62(54)70)66-68-64(46-32-34-53-52-26-11-14-29-60(52)72-61(53)40-46)67-65(69-66)56-35-30-43-20-7-8-23-48(43)57-39-45(31-33-49(56)57)42-18-5-2-6-19-42/h1-29,31-34,36-40,56H,30,35H2. The van der Waals surface area contributed by atoms with E-state index >= 15 is 0 Å². The van der Waals surface area contributed by atoms with E-state index in [-0.39, 0.29) is 5.92 Å². The molecule has 0 fully saturated rings. The number of benzene rings is 10. The molecule has 72 heavy (non-hydrogen) atoms. The van der Waals surface area contributed by atoms with Crippen LogP contribution in [0, 0.1) is 0 Å². The molecule has 0 aliphatic heterocycles. The maximum atomic E-state index is 6.52. The first kappa shape index (κ1) is 40.5. The lowest BCUT2D eigenvalue weighted by Gasteiger charge is -2.20. The van der Waals surface area contributed by atoms with Crippen LogP contribution in [0.4, 0.5) is 0 Å². The van der Waals surface area contributed by atoms with Gasteiger partial charge in [-0.3, -0.25) is 4.57 Å². The molecule has 1 atom stereocenters. The van der Waals surface area contributed by atoms with Crippen LogP contribution in [0.2, 0.25) is 0 Å². The molecule has 1 aliphatic rings. The lowest BCUT2D eigenvalue weighted by molar-refractivity contribution is 0.667. The van der Waals surface area contributed by atoms with Crippen LogP contribution in [0.25, 0.3) is 122 Å². The van der Waals surface area contributed by atoms with Gasteiger partial charge in [0.05, 0.1) is 22.1 Å². The number of para-hydroxylation sites is 3. The van der Waals surface area contributed by atoms with Gasteiger partial charge in [-0.25, -0.2) is 4.98 Å². The van der Waals surface area contributed by atoms with Crippen molar-refractivity contribution in [2.75, 3.05) is 0 Å². The van der Waals surface area contributed by atoms with Gasteiger partial charge >= 0.3 is 0 Å². The fourth-order valence-electron chi connectivity index (χ4n) is 11.7. The van der Waals surface area contributed by atoms with Crippen LogP contribution in [-0.4, -0.2) is 24.1 Å². The van der Waals surface area contributed by atoms with Gasteiger partial charge in [-0.15, -0.1) is 0 Å². The Balaban J connectivity index is 1.03. The molecule has 0 saturated heterocycles. The minimum Gasteiger partial charge on any atom is -0.456 e. The van der Waals surface area contributed by atoms with E-state index in [1.54, 1.807) is 0 Å². The Labute approximate surface area is 414 Å². The monoisotopic (exact) mass is 921 g/mol. The molecule has 1 aliphatic carbocycles. The van der Waals surface area contributed by atoms with Crippen LogP contribution < -0.4 is 0 Å². The Bertz CT molecular complexity index is 4470. The fraction of sp³-hybridized carbons (Fsp3) is 0.0455. The topological polar surface area (TPSA) is 61.7 Å². The van der Waals surface area contributed by atoms with Gasteiger partial charge < -0.3 is 8.98 Å². The number of rotatable bonds is 6. The van der Waals surface area contributed by atoms with Gasteiger partial charge in [0.1, 0.15) is 17.0 Å². The number of hydrogen-bond acceptors (Lipinski definition) is 4. The van der Waals surface area contributed by atoms with Gasteiger partial charge in [0.25, 0.3) is 0 Å². The minimum absolute atomic E-state index is 0.145. The lowest BCUT2D eigenvalue weighted by atomic mass is 9.88. The fourth-order valence-corrected chi connectivity index (χ4v) is 11.7. The minimum atomic E-state index is -0.145. The number of aromatic nitrogens is 5. The van der Waals surface area contributed by atoms with Crippen molar-refractivity contribution in [1.29, 1.82) is 0 Å². The van der Waals surface area contributed by atoms with E-state index in [4.69, 9.17) is 19.4 Å². The summed E-state index contributed by atoms with van der Waals surface area (Å²) in [6, 6.07) is 82.7. The van der Waals surface area contributed by atoms with Crippen LogP contribution in [0.1, 0.15) is 29.3 Å². The van der Waals surface area contributed by atoms with E-state index < -0.39 is 0 Å². The normalized spacial score (nSPS) is 13.6. The summed E-state index contributed by atoms with van der Waals surface area (Å²) < 4.78 is 11.3. The van der Waals surface area contributed by atoms with E-state index in [1.165, 1.54) is 44.3 Å². The van der Waals surface area contributed by atoms with Crippen LogP contribution >= 0.6 is 0 Å². The van der Waals surface area contributed by atoms with Crippen LogP contribution in [0.5, 0.6) is 0 Å². The summed E-state index contributed by atoms with van der Waals surface area (Å²) in [4.78, 5) is 16.9. The quantitative estimate of drug-likeness (QED) is 0.167. The maximum absolute atomic E-state index is 6.52. The summed E-state index contributed by atoms with van der Waals surface area (Å²) in [5, 5.41) is 6.72. The molecule has 0 radical (unpaired) electrons. The molecule has 6 heteroatoms. The third-order valence-electron chi connectivity index (χ3n) is 15.0. The Morgan fingerprint density at radius 1 is 0.389 bits per heavy atom. The van der Waals surface area contributed by atoms with E-state index in [0.717, 1.165) is 95.6 Å². The van der Waals surface area contributed by atoms with E-state index in [0.29, 0.717) is 11.8 Å². The Kier molecular flexibility index (Phi) is 9.05. The number of hydrogen-bond donors (Lipinski definition) is 0. The Morgan fingerprint density at radius 3 is 1.76 bits per heavy atom. The Morgan fingerprint density at radius 2 is 0.986 bits per heavy atom. The average molecular weight is 922 g/mol. The van der Waals surface area contributed by atoms with Crippen molar-refractivity contribution in [3.05, 3.63) is 247 Å². The van der Waals surface area contributed by atoms with Gasteiger partial charge in [-0.2, -0.15) is 9.97 Å². The second-order valence-corrected chi connectivity index (χ2v) is 19.0. The molecule has 338 valence electrons. The van der Waals surface area contributed by atoms with Gasteiger partial charge in [-0.05, 0) is 106 Å². The number of furan rings is 1. The highest BCUT2D eigenvalue weighted by molar-refractivity contribution is 6.23. The number of nitrogens with zero attached hydrogens (tertiary/aromatic N) is 5. The summed E-state index contributed by atoms with van der Waals surface area (Å²) >= 11 is 0. The Hall–Kier alpha value is -9.39. The summed E-state index contributed by atoms with van der Waals surface area (Å²) in [5.74, 6) is 1.75. The van der Waals surface area contributed by atoms with Crippen LogP contribution in [0.15, 0.2) is 235 Å². The molecule has 0 spiro atoms. The smallest absolute Gasteiger partial charge is 0.238 e. The molecule has 0 N–H and O–H groups in total.